The molecule has 0 aliphatic carbocycles. The van der Waals surface area contributed by atoms with Gasteiger partial charge in [0.05, 0.1) is 0 Å². The second-order valence-corrected chi connectivity index (χ2v) is 5.63. The van der Waals surface area contributed by atoms with Crippen molar-refractivity contribution in [2.24, 2.45) is 5.92 Å². The molecule has 1 rings (SSSR count). The monoisotopic (exact) mass is 255 g/mol. The van der Waals surface area contributed by atoms with Gasteiger partial charge in [-0.2, -0.15) is 0 Å². The van der Waals surface area contributed by atoms with Crippen molar-refractivity contribution in [3.63, 3.8) is 0 Å². The zero-order chi connectivity index (χ0) is 13.2. The molecule has 1 unspecified atom stereocenters. The molecule has 1 heterocycles. The van der Waals surface area contributed by atoms with Gasteiger partial charge >= 0.3 is 5.97 Å². The number of unbranched alkanes of at least 4 members (excludes halogenated alkanes) is 2. The molecule has 3 nitrogen and oxygen atoms in total. The molecule has 106 valence electrons. The number of carbonyl (C=O) groups is 1. The van der Waals surface area contributed by atoms with E-state index in [-0.39, 0.29) is 0 Å². The van der Waals surface area contributed by atoms with Gasteiger partial charge < -0.3 is 10.0 Å². The lowest BCUT2D eigenvalue weighted by atomic mass is 9.96. The lowest BCUT2D eigenvalue weighted by molar-refractivity contribution is -0.137. The predicted molar refractivity (Wildman–Crippen MR) is 74.8 cm³/mol. The fourth-order valence-electron chi connectivity index (χ4n) is 2.93. The molecule has 1 atom stereocenters. The molecule has 0 amide bonds. The summed E-state index contributed by atoms with van der Waals surface area (Å²) in [4.78, 5) is 13.0. The third-order valence-corrected chi connectivity index (χ3v) is 4.00. The Hall–Kier alpha value is -0.570. The summed E-state index contributed by atoms with van der Waals surface area (Å²) in [5, 5.41) is 8.57. The molecule has 0 bridgehead atoms. The summed E-state index contributed by atoms with van der Waals surface area (Å²) in [5.74, 6) is 0.291. The Morgan fingerprint density at radius 2 is 2.06 bits per heavy atom. The largest absolute Gasteiger partial charge is 0.481 e. The molecule has 0 spiro atoms. The van der Waals surface area contributed by atoms with Gasteiger partial charge in [-0.15, -0.1) is 0 Å². The summed E-state index contributed by atoms with van der Waals surface area (Å²) in [6, 6.07) is 0. The van der Waals surface area contributed by atoms with Gasteiger partial charge in [0, 0.05) is 6.42 Å². The lowest BCUT2D eigenvalue weighted by Crippen LogP contribution is -2.26. The van der Waals surface area contributed by atoms with Crippen molar-refractivity contribution in [3.8, 4) is 0 Å². The standard InChI is InChI=1S/C15H29NO2/c1-2-7-14-8-6-12-16(13-10-14)11-5-3-4-9-15(17)18/h14H,2-13H2,1H3,(H,17,18). The summed E-state index contributed by atoms with van der Waals surface area (Å²) >= 11 is 0. The molecule has 1 fully saturated rings. The van der Waals surface area contributed by atoms with E-state index in [1.807, 2.05) is 0 Å². The van der Waals surface area contributed by atoms with Crippen molar-refractivity contribution in [3.05, 3.63) is 0 Å². The SMILES string of the molecule is CCCC1CCCN(CCCCCC(=O)O)CC1. The maximum absolute atomic E-state index is 10.4. The Morgan fingerprint density at radius 3 is 2.78 bits per heavy atom. The zero-order valence-electron chi connectivity index (χ0n) is 11.9. The van der Waals surface area contributed by atoms with Crippen LogP contribution in [0, 0.1) is 5.92 Å². The van der Waals surface area contributed by atoms with E-state index in [4.69, 9.17) is 5.11 Å². The van der Waals surface area contributed by atoms with E-state index in [0.29, 0.717) is 6.42 Å². The van der Waals surface area contributed by atoms with Crippen LogP contribution in [0.25, 0.3) is 0 Å². The number of hydrogen-bond acceptors (Lipinski definition) is 2. The number of likely N-dealkylation sites (tertiary alicyclic amines) is 1. The maximum Gasteiger partial charge on any atom is 0.303 e. The van der Waals surface area contributed by atoms with E-state index < -0.39 is 5.97 Å². The summed E-state index contributed by atoms with van der Waals surface area (Å²) < 4.78 is 0. The molecule has 0 aromatic rings. The Labute approximate surface area is 112 Å². The minimum atomic E-state index is -0.660. The van der Waals surface area contributed by atoms with E-state index in [1.165, 1.54) is 51.7 Å². The maximum atomic E-state index is 10.4. The number of hydrogen-bond donors (Lipinski definition) is 1. The molecular formula is C15H29NO2. The molecule has 18 heavy (non-hydrogen) atoms. The lowest BCUT2D eigenvalue weighted by Gasteiger charge is -2.19. The predicted octanol–water partition coefficient (Wildman–Crippen LogP) is 3.53. The van der Waals surface area contributed by atoms with Crippen molar-refractivity contribution in [2.45, 2.75) is 64.7 Å². The van der Waals surface area contributed by atoms with Crippen molar-refractivity contribution in [1.29, 1.82) is 0 Å². The highest BCUT2D eigenvalue weighted by molar-refractivity contribution is 5.66. The van der Waals surface area contributed by atoms with Crippen molar-refractivity contribution >= 4 is 5.97 Å². The highest BCUT2D eigenvalue weighted by Gasteiger charge is 2.15. The van der Waals surface area contributed by atoms with Gasteiger partial charge in [0.15, 0.2) is 0 Å². The second kappa shape index (κ2) is 9.37. The fraction of sp³-hybridized carbons (Fsp3) is 0.933. The molecule has 0 radical (unpaired) electrons. The van der Waals surface area contributed by atoms with E-state index >= 15 is 0 Å². The van der Waals surface area contributed by atoms with Gasteiger partial charge in [-0.1, -0.05) is 26.2 Å². The van der Waals surface area contributed by atoms with Gasteiger partial charge in [0.1, 0.15) is 0 Å². The van der Waals surface area contributed by atoms with E-state index in [2.05, 4.69) is 11.8 Å². The topological polar surface area (TPSA) is 40.5 Å². The third kappa shape index (κ3) is 7.00. The molecule has 1 aliphatic heterocycles. The van der Waals surface area contributed by atoms with E-state index in [9.17, 15) is 4.79 Å². The van der Waals surface area contributed by atoms with Crippen molar-refractivity contribution in [1.82, 2.24) is 4.90 Å². The first-order valence-corrected chi connectivity index (χ1v) is 7.66. The van der Waals surface area contributed by atoms with Gasteiger partial charge in [0.25, 0.3) is 0 Å². The second-order valence-electron chi connectivity index (χ2n) is 5.63. The molecular weight excluding hydrogens is 226 g/mol. The van der Waals surface area contributed by atoms with Crippen LogP contribution in [-0.4, -0.2) is 35.6 Å². The van der Waals surface area contributed by atoms with Crippen LogP contribution in [0.2, 0.25) is 0 Å². The van der Waals surface area contributed by atoms with E-state index in [0.717, 1.165) is 25.2 Å². The van der Waals surface area contributed by atoms with Crippen LogP contribution in [0.5, 0.6) is 0 Å². The van der Waals surface area contributed by atoms with Gasteiger partial charge in [0.2, 0.25) is 0 Å². The minimum Gasteiger partial charge on any atom is -0.481 e. The van der Waals surface area contributed by atoms with Gasteiger partial charge in [-0.25, -0.2) is 0 Å². The summed E-state index contributed by atoms with van der Waals surface area (Å²) in [7, 11) is 0. The smallest absolute Gasteiger partial charge is 0.303 e. The van der Waals surface area contributed by atoms with Crippen molar-refractivity contribution < 1.29 is 9.90 Å². The first-order valence-electron chi connectivity index (χ1n) is 7.66. The number of aliphatic carboxylic acids is 1. The molecule has 1 aliphatic rings. The Balaban J connectivity index is 2.06. The van der Waals surface area contributed by atoms with Crippen LogP contribution in [0.4, 0.5) is 0 Å². The first kappa shape index (κ1) is 15.5. The normalized spacial score (nSPS) is 21.7. The van der Waals surface area contributed by atoms with Crippen LogP contribution in [-0.2, 0) is 4.79 Å². The molecule has 1 N–H and O–H groups in total. The number of rotatable bonds is 8. The fourth-order valence-corrected chi connectivity index (χ4v) is 2.93. The Kier molecular flexibility index (Phi) is 8.06. The number of carboxylic acids is 1. The molecule has 0 saturated carbocycles. The average molecular weight is 255 g/mol. The minimum absolute atomic E-state index is 0.332. The summed E-state index contributed by atoms with van der Waals surface area (Å²) in [6.45, 7) is 5.95. The first-order chi connectivity index (χ1) is 8.72. The van der Waals surface area contributed by atoms with Crippen LogP contribution in [0.3, 0.4) is 0 Å². The molecule has 0 aromatic heterocycles. The number of carboxylic acid groups (broad SMARTS) is 1. The average Bonchev–Trinajstić information content (AvgIpc) is 2.55. The highest BCUT2D eigenvalue weighted by Crippen LogP contribution is 2.22. The Bertz CT molecular complexity index is 231. The number of nitrogens with zero attached hydrogens (tertiary/aromatic N) is 1. The van der Waals surface area contributed by atoms with Crippen LogP contribution < -0.4 is 0 Å². The summed E-state index contributed by atoms with van der Waals surface area (Å²) in [6.07, 6.45) is 10.2. The molecule has 0 aromatic carbocycles. The quantitative estimate of drug-likeness (QED) is 0.674. The van der Waals surface area contributed by atoms with Crippen LogP contribution in [0.15, 0.2) is 0 Å². The van der Waals surface area contributed by atoms with Crippen LogP contribution >= 0.6 is 0 Å². The van der Waals surface area contributed by atoms with E-state index in [1.54, 1.807) is 0 Å². The Morgan fingerprint density at radius 1 is 1.22 bits per heavy atom. The third-order valence-electron chi connectivity index (χ3n) is 4.00. The zero-order valence-corrected chi connectivity index (χ0v) is 11.9. The highest BCUT2D eigenvalue weighted by atomic mass is 16.4. The van der Waals surface area contributed by atoms with Crippen molar-refractivity contribution in [2.75, 3.05) is 19.6 Å². The molecule has 1 saturated heterocycles. The molecule has 3 heteroatoms. The van der Waals surface area contributed by atoms with Gasteiger partial charge in [-0.3, -0.25) is 4.79 Å². The van der Waals surface area contributed by atoms with Gasteiger partial charge in [-0.05, 0) is 57.7 Å². The summed E-state index contributed by atoms with van der Waals surface area (Å²) in [5.41, 5.74) is 0. The van der Waals surface area contributed by atoms with Crippen LogP contribution in [0.1, 0.15) is 64.7 Å².